The normalized spacial score (nSPS) is 12.0. The van der Waals surface area contributed by atoms with Crippen LogP contribution in [0.5, 0.6) is 23.0 Å². The van der Waals surface area contributed by atoms with E-state index in [9.17, 15) is 14.4 Å². The number of ketones is 3. The van der Waals surface area contributed by atoms with E-state index in [1.807, 2.05) is 141 Å². The van der Waals surface area contributed by atoms with Crippen molar-refractivity contribution >= 4 is 29.4 Å². The number of carbonyl (C=O) groups excluding carboxylic acids is 3. The van der Waals surface area contributed by atoms with Crippen LogP contribution in [0.2, 0.25) is 0 Å². The Morgan fingerprint density at radius 2 is 0.828 bits per heavy atom. The van der Waals surface area contributed by atoms with Crippen molar-refractivity contribution in [2.75, 3.05) is 0 Å². The molecule has 1 N–H and O–H groups in total. The predicted molar refractivity (Wildman–Crippen MR) is 343 cm³/mol. The van der Waals surface area contributed by atoms with Crippen molar-refractivity contribution in [3.8, 4) is 67.5 Å². The minimum Gasteiger partial charge on any atom is -0.457 e. The minimum atomic E-state index is -0.807. The third-order valence-electron chi connectivity index (χ3n) is 16.2. The second kappa shape index (κ2) is 24.2. The highest BCUT2D eigenvalue weighted by Gasteiger charge is 2.46. The molecule has 0 radical (unpaired) electrons. The van der Waals surface area contributed by atoms with Gasteiger partial charge in [0.05, 0.1) is 17.5 Å². The quantitative estimate of drug-likeness (QED) is 0.0389. The van der Waals surface area contributed by atoms with E-state index < -0.39 is 5.41 Å². The highest BCUT2D eigenvalue weighted by atomic mass is 32.2. The fourth-order valence-corrected chi connectivity index (χ4v) is 12.2. The monoisotopic (exact) mass is 1150 g/mol. The Kier molecular flexibility index (Phi) is 15.5. The molecule has 0 aliphatic heterocycles. The van der Waals surface area contributed by atoms with Crippen molar-refractivity contribution in [2.45, 2.75) is 24.2 Å². The van der Waals surface area contributed by atoms with E-state index >= 15 is 0 Å². The molecule has 0 fully saturated rings. The highest BCUT2D eigenvalue weighted by Crippen LogP contribution is 2.58. The first-order valence-corrected chi connectivity index (χ1v) is 29.2. The Balaban J connectivity index is 0.819. The summed E-state index contributed by atoms with van der Waals surface area (Å²) in [6.45, 7) is 3.90. The summed E-state index contributed by atoms with van der Waals surface area (Å²) in [5.74, 6) is 2.13. The summed E-state index contributed by atoms with van der Waals surface area (Å²) in [5.41, 5.74) is 16.5. The van der Waals surface area contributed by atoms with E-state index in [1.165, 1.54) is 0 Å². The molecule has 0 amide bonds. The summed E-state index contributed by atoms with van der Waals surface area (Å²) < 4.78 is 18.2. The number of ether oxygens (including phenoxy) is 2. The molecule has 12 aromatic carbocycles. The molecule has 0 aromatic heterocycles. The van der Waals surface area contributed by atoms with Gasteiger partial charge in [0.1, 0.15) is 23.0 Å². The Labute approximate surface area is 508 Å². The van der Waals surface area contributed by atoms with Crippen molar-refractivity contribution < 1.29 is 38.5 Å². The van der Waals surface area contributed by atoms with Crippen LogP contribution < -0.4 is 9.47 Å². The maximum absolute atomic E-state index is 14.1. The molecule has 0 heterocycles. The maximum Gasteiger partial charge on any atom is 0.193 e. The fourth-order valence-electron chi connectivity index (χ4n) is 11.8. The van der Waals surface area contributed by atoms with Crippen LogP contribution in [0.1, 0.15) is 81.1 Å². The first kappa shape index (κ1) is 55.7. The molecule has 13 rings (SSSR count). The Morgan fingerprint density at radius 1 is 0.368 bits per heavy atom. The van der Waals surface area contributed by atoms with Gasteiger partial charge < -0.3 is 9.47 Å². The summed E-state index contributed by atoms with van der Waals surface area (Å²) in [5, 5.41) is 12.3. The molecule has 1 aliphatic rings. The Morgan fingerprint density at radius 3 is 1.33 bits per heavy atom. The molecule has 0 saturated carbocycles. The fraction of sp³-hybridized carbons (Fsp3) is 0.0385. The molecule has 0 unspecified atom stereocenters. The lowest BCUT2D eigenvalue weighted by Gasteiger charge is -2.35. The van der Waals surface area contributed by atoms with Crippen LogP contribution in [-0.2, 0) is 14.8 Å². The van der Waals surface area contributed by atoms with E-state index in [-0.39, 0.29) is 17.3 Å². The summed E-state index contributed by atoms with van der Waals surface area (Å²) in [4.78, 5) is 41.9. The van der Waals surface area contributed by atoms with Crippen LogP contribution in [0.15, 0.2) is 290 Å². The van der Waals surface area contributed by atoms with Gasteiger partial charge in [-0.05, 0) is 166 Å². The number of hydrogen-bond acceptors (Lipinski definition) is 9. The number of fused-ring (bicyclic) bond motifs is 3. The first-order chi connectivity index (χ1) is 42.6. The zero-order chi connectivity index (χ0) is 59.4. The molecule has 0 spiro atoms. The van der Waals surface area contributed by atoms with Gasteiger partial charge in [0.25, 0.3) is 0 Å². The zero-order valence-electron chi connectivity index (χ0n) is 47.3. The van der Waals surface area contributed by atoms with Crippen LogP contribution in [0.4, 0.5) is 0 Å². The number of carbonyl (C=O) groups is 3. The largest absolute Gasteiger partial charge is 0.457 e. The van der Waals surface area contributed by atoms with Crippen LogP contribution in [-0.4, -0.2) is 22.6 Å². The lowest BCUT2D eigenvalue weighted by Crippen LogP contribution is -2.28. The summed E-state index contributed by atoms with van der Waals surface area (Å²) in [6, 6.07) is 93.1. The van der Waals surface area contributed by atoms with Gasteiger partial charge in [0.15, 0.2) is 17.3 Å². The number of rotatable bonds is 18. The smallest absolute Gasteiger partial charge is 0.193 e. The molecule has 8 nitrogen and oxygen atoms in total. The molecule has 0 atom stereocenters. The third kappa shape index (κ3) is 11.0. The molecule has 1 aliphatic carbocycles. The van der Waals surface area contributed by atoms with Crippen LogP contribution >= 0.6 is 12.0 Å². The van der Waals surface area contributed by atoms with Gasteiger partial charge in [-0.15, -0.1) is 4.33 Å². The van der Waals surface area contributed by atoms with E-state index in [1.54, 1.807) is 48.5 Å². The Bertz CT molecular complexity index is 4500. The summed E-state index contributed by atoms with van der Waals surface area (Å²) >= 11 is 0.788. The van der Waals surface area contributed by atoms with Crippen molar-refractivity contribution in [2.24, 2.45) is 0 Å². The minimum absolute atomic E-state index is 0.0482. The molecule has 420 valence electrons. The van der Waals surface area contributed by atoms with Crippen LogP contribution in [0.3, 0.4) is 0 Å². The lowest BCUT2D eigenvalue weighted by atomic mass is 9.67. The molecular weight excluding hydrogens is 1100 g/mol. The van der Waals surface area contributed by atoms with Gasteiger partial charge in [-0.2, -0.15) is 0 Å². The first-order valence-electron chi connectivity index (χ1n) is 28.4. The Hall–Kier alpha value is -10.5. The average molecular weight is 1150 g/mol. The van der Waals surface area contributed by atoms with E-state index in [0.717, 1.165) is 89.9 Å². The van der Waals surface area contributed by atoms with Gasteiger partial charge in [-0.1, -0.05) is 205 Å². The van der Waals surface area contributed by atoms with Gasteiger partial charge in [-0.25, -0.2) is 5.26 Å². The van der Waals surface area contributed by atoms with Crippen molar-refractivity contribution in [3.63, 3.8) is 0 Å². The van der Waals surface area contributed by atoms with E-state index in [4.69, 9.17) is 14.7 Å². The summed E-state index contributed by atoms with van der Waals surface area (Å²) in [6.07, 6.45) is 0. The maximum atomic E-state index is 14.1. The van der Waals surface area contributed by atoms with Gasteiger partial charge >= 0.3 is 0 Å². The average Bonchev–Trinajstić information content (AvgIpc) is 1.66. The SMILES string of the molecule is Cc1ccc(C(=O)c2ccc(Oc3ccc(C4(c5ccc(Oc6ccc(C(=O)c7ccc(-c8ccc(C)c(C(=O)c9cccc(SOOO)c9)c8)cc7)cc6)c(-c6ccccc6)c5)c5ccccc5-c5ccccc54)cc3-c3ccccc3)cc2)cc1. The van der Waals surface area contributed by atoms with Gasteiger partial charge in [0.2, 0.25) is 0 Å². The zero-order valence-corrected chi connectivity index (χ0v) is 48.2. The molecule has 9 heteroatoms. The second-order valence-corrected chi connectivity index (χ2v) is 22.2. The van der Waals surface area contributed by atoms with E-state index in [0.29, 0.717) is 61.3 Å². The number of aryl methyl sites for hydroxylation is 2. The third-order valence-corrected chi connectivity index (χ3v) is 16.7. The topological polar surface area (TPSA) is 108 Å². The molecule has 0 saturated heterocycles. The van der Waals surface area contributed by atoms with Crippen LogP contribution in [0.25, 0.3) is 44.5 Å². The van der Waals surface area contributed by atoms with Gasteiger partial charge in [0, 0.05) is 49.4 Å². The number of benzene rings is 12. The van der Waals surface area contributed by atoms with Crippen molar-refractivity contribution in [1.82, 2.24) is 0 Å². The standard InChI is InChI=1S/C78H54O8S/c1-50-24-27-55(28-25-50)75(79)57-34-40-63(41-35-57)83-73-44-38-61(48-69(73)53-14-5-3-6-15-53)78(71-22-11-9-20-66(71)67-21-10-12-23-72(67)78)62-39-45-74(70(49-62)54-16-7-4-8-17-54)84-64-42-36-58(37-43-64)76(80)56-32-30-52(31-33-56)59-29-26-51(2)68(47-59)77(81)60-18-13-19-65(46-60)87-86-85-82/h3-49,82H,1-2H3. The van der Waals surface area contributed by atoms with E-state index in [2.05, 4.69) is 119 Å². The molecule has 12 aromatic rings. The van der Waals surface area contributed by atoms with Crippen molar-refractivity contribution in [1.29, 1.82) is 0 Å². The molecule has 0 bridgehead atoms. The molecule has 87 heavy (non-hydrogen) atoms. The van der Waals surface area contributed by atoms with Crippen LogP contribution in [0, 0.1) is 13.8 Å². The van der Waals surface area contributed by atoms with Gasteiger partial charge in [-0.3, -0.25) is 14.4 Å². The van der Waals surface area contributed by atoms with Crippen molar-refractivity contribution in [3.05, 3.63) is 352 Å². The second-order valence-electron chi connectivity index (χ2n) is 21.5. The number of hydrogen-bond donors (Lipinski definition) is 1. The molecular formula is C78H54O8S. The summed E-state index contributed by atoms with van der Waals surface area (Å²) in [7, 11) is 0. The highest BCUT2D eigenvalue weighted by molar-refractivity contribution is 7.94. The predicted octanol–water partition coefficient (Wildman–Crippen LogP) is 19.4. The lowest BCUT2D eigenvalue weighted by molar-refractivity contribution is -0.432.